The third-order valence-corrected chi connectivity index (χ3v) is 6.36. The van der Waals surface area contributed by atoms with Crippen molar-refractivity contribution in [1.29, 1.82) is 0 Å². The molecule has 0 bridgehead atoms. The van der Waals surface area contributed by atoms with E-state index in [1.54, 1.807) is 30.3 Å². The van der Waals surface area contributed by atoms with E-state index in [1.807, 2.05) is 42.5 Å². The van der Waals surface area contributed by atoms with Crippen LogP contribution < -0.4 is 0 Å². The van der Waals surface area contributed by atoms with Gasteiger partial charge in [0.1, 0.15) is 10.8 Å². The molecule has 0 aliphatic carbocycles. The Labute approximate surface area is 169 Å². The Bertz CT molecular complexity index is 1150. The van der Waals surface area contributed by atoms with Crippen LogP contribution in [0.5, 0.6) is 0 Å². The highest BCUT2D eigenvalue weighted by Gasteiger charge is 2.21. The van der Waals surface area contributed by atoms with E-state index in [0.717, 1.165) is 22.0 Å². The van der Waals surface area contributed by atoms with Crippen LogP contribution in [0.2, 0.25) is 0 Å². The number of thioether (sulfide) groups is 1. The minimum absolute atomic E-state index is 0.00743. The number of rotatable bonds is 5. The number of thiazole rings is 1. The van der Waals surface area contributed by atoms with Gasteiger partial charge in [-0.2, -0.15) is 0 Å². The van der Waals surface area contributed by atoms with Crippen LogP contribution in [-0.4, -0.2) is 15.0 Å². The molecule has 1 heterocycles. The summed E-state index contributed by atoms with van der Waals surface area (Å²) < 4.78 is 0.985. The van der Waals surface area contributed by atoms with Crippen molar-refractivity contribution in [1.82, 2.24) is 4.98 Å². The van der Waals surface area contributed by atoms with Gasteiger partial charge < -0.3 is 5.11 Å². The van der Waals surface area contributed by atoms with Gasteiger partial charge in [-0.1, -0.05) is 66.4 Å². The second-order valence-corrected chi connectivity index (χ2v) is 7.94. The number of hydrogen-bond acceptors (Lipinski definition) is 6. The monoisotopic (exact) mass is 406 g/mol. The quantitative estimate of drug-likeness (QED) is 0.180. The molecule has 0 spiro atoms. The van der Waals surface area contributed by atoms with E-state index >= 15 is 0 Å². The maximum atomic E-state index is 11.4. The maximum Gasteiger partial charge on any atom is 0.283 e. The van der Waals surface area contributed by atoms with Crippen LogP contribution in [0.15, 0.2) is 83.8 Å². The van der Waals surface area contributed by atoms with Crippen LogP contribution in [0, 0.1) is 10.1 Å². The lowest BCUT2D eigenvalue weighted by molar-refractivity contribution is -0.387. The predicted molar refractivity (Wildman–Crippen MR) is 114 cm³/mol. The van der Waals surface area contributed by atoms with E-state index in [9.17, 15) is 15.2 Å². The summed E-state index contributed by atoms with van der Waals surface area (Å²) in [6, 6.07) is 23.3. The van der Waals surface area contributed by atoms with Gasteiger partial charge in [-0.05, 0) is 18.2 Å². The van der Waals surface area contributed by atoms with Crippen molar-refractivity contribution >= 4 is 49.7 Å². The Balaban J connectivity index is 1.88. The number of nitro groups is 1. The summed E-state index contributed by atoms with van der Waals surface area (Å²) in [5.74, 6) is 0.0443. The van der Waals surface area contributed by atoms with Gasteiger partial charge in [-0.15, -0.1) is 11.3 Å². The summed E-state index contributed by atoms with van der Waals surface area (Å²) in [4.78, 5) is 16.6. The molecular weight excluding hydrogens is 392 g/mol. The summed E-state index contributed by atoms with van der Waals surface area (Å²) in [6.45, 7) is 0. The highest BCUT2D eigenvalue weighted by molar-refractivity contribution is 8.08. The molecular formula is C21H14N2O3S2. The molecule has 4 aromatic rings. The van der Waals surface area contributed by atoms with E-state index in [4.69, 9.17) is 0 Å². The van der Waals surface area contributed by atoms with Gasteiger partial charge in [0.2, 0.25) is 0 Å². The first-order chi connectivity index (χ1) is 13.6. The fourth-order valence-corrected chi connectivity index (χ4v) is 4.81. The first-order valence-electron chi connectivity index (χ1n) is 8.39. The van der Waals surface area contributed by atoms with Crippen molar-refractivity contribution in [2.45, 2.75) is 4.90 Å². The third kappa shape index (κ3) is 3.62. The van der Waals surface area contributed by atoms with Gasteiger partial charge in [0.05, 0.1) is 24.9 Å². The van der Waals surface area contributed by atoms with E-state index in [1.165, 1.54) is 17.4 Å². The molecule has 0 amide bonds. The van der Waals surface area contributed by atoms with Gasteiger partial charge in [-0.3, -0.25) is 10.1 Å². The van der Waals surface area contributed by atoms with Crippen molar-refractivity contribution in [3.05, 3.63) is 99.5 Å². The minimum atomic E-state index is -0.419. The first kappa shape index (κ1) is 18.2. The topological polar surface area (TPSA) is 76.3 Å². The van der Waals surface area contributed by atoms with Crippen molar-refractivity contribution < 1.29 is 10.0 Å². The summed E-state index contributed by atoms with van der Waals surface area (Å²) in [7, 11) is 0. The number of fused-ring (bicyclic) bond motifs is 1. The van der Waals surface area contributed by atoms with Crippen LogP contribution in [0.3, 0.4) is 0 Å². The zero-order chi connectivity index (χ0) is 19.5. The SMILES string of the molecule is O=[N+]([O-])c1ccccc1S/C(=C(/O)c1ccccc1)c1nc2ccccc2s1. The second kappa shape index (κ2) is 7.84. The van der Waals surface area contributed by atoms with Crippen molar-refractivity contribution in [2.24, 2.45) is 0 Å². The number of aliphatic hydroxyl groups excluding tert-OH is 1. The Morgan fingerprint density at radius 2 is 1.64 bits per heavy atom. The van der Waals surface area contributed by atoms with E-state index in [0.29, 0.717) is 20.4 Å². The largest absolute Gasteiger partial charge is 0.506 e. The van der Waals surface area contributed by atoms with Crippen LogP contribution in [-0.2, 0) is 0 Å². The molecule has 1 N–H and O–H groups in total. The Morgan fingerprint density at radius 3 is 2.39 bits per heavy atom. The van der Waals surface area contributed by atoms with E-state index in [-0.39, 0.29) is 11.4 Å². The Hall–Kier alpha value is -3.16. The molecule has 0 atom stereocenters. The van der Waals surface area contributed by atoms with E-state index < -0.39 is 4.92 Å². The molecule has 3 aromatic carbocycles. The fraction of sp³-hybridized carbons (Fsp3) is 0. The average molecular weight is 406 g/mol. The highest BCUT2D eigenvalue weighted by atomic mass is 32.2. The molecule has 138 valence electrons. The average Bonchev–Trinajstić information content (AvgIpc) is 3.16. The Morgan fingerprint density at radius 1 is 0.964 bits per heavy atom. The molecule has 0 fully saturated rings. The number of aromatic nitrogens is 1. The molecule has 5 nitrogen and oxygen atoms in total. The lowest BCUT2D eigenvalue weighted by Gasteiger charge is -2.09. The smallest absolute Gasteiger partial charge is 0.283 e. The molecule has 0 saturated heterocycles. The number of nitrogens with zero attached hydrogens (tertiary/aromatic N) is 2. The highest BCUT2D eigenvalue weighted by Crippen LogP contribution is 2.44. The molecule has 7 heteroatoms. The molecule has 0 aliphatic heterocycles. The minimum Gasteiger partial charge on any atom is -0.506 e. The molecule has 0 radical (unpaired) electrons. The van der Waals surface area contributed by atoms with Crippen molar-refractivity contribution in [2.75, 3.05) is 0 Å². The standard InChI is InChI=1S/C21H14N2O3S2/c24-19(14-8-2-1-3-9-14)20(21-22-15-10-4-6-12-17(15)28-21)27-18-13-7-5-11-16(18)23(25)26/h1-13,24H/b20-19+. The number of benzene rings is 3. The zero-order valence-corrected chi connectivity index (χ0v) is 16.1. The predicted octanol–water partition coefficient (Wildman–Crippen LogP) is 6.38. The van der Waals surface area contributed by atoms with Crippen LogP contribution in [0.1, 0.15) is 10.6 Å². The maximum absolute atomic E-state index is 11.4. The number of para-hydroxylation sites is 2. The van der Waals surface area contributed by atoms with Gasteiger partial charge in [0.25, 0.3) is 5.69 Å². The summed E-state index contributed by atoms with van der Waals surface area (Å²) in [6.07, 6.45) is 0. The third-order valence-electron chi connectivity index (χ3n) is 4.02. The molecule has 0 aliphatic rings. The van der Waals surface area contributed by atoms with Crippen molar-refractivity contribution in [3.63, 3.8) is 0 Å². The van der Waals surface area contributed by atoms with Crippen molar-refractivity contribution in [3.8, 4) is 0 Å². The van der Waals surface area contributed by atoms with Crippen LogP contribution in [0.25, 0.3) is 20.9 Å². The number of aliphatic hydroxyl groups is 1. The molecule has 0 saturated carbocycles. The van der Waals surface area contributed by atoms with Gasteiger partial charge in [-0.25, -0.2) is 4.98 Å². The van der Waals surface area contributed by atoms with E-state index in [2.05, 4.69) is 4.98 Å². The normalized spacial score (nSPS) is 12.0. The van der Waals surface area contributed by atoms with Gasteiger partial charge in [0, 0.05) is 11.6 Å². The molecule has 4 rings (SSSR count). The summed E-state index contributed by atoms with van der Waals surface area (Å²) in [5.41, 5.74) is 1.44. The van der Waals surface area contributed by atoms with Gasteiger partial charge >= 0.3 is 0 Å². The molecule has 28 heavy (non-hydrogen) atoms. The number of hydrogen-bond donors (Lipinski definition) is 1. The number of nitro benzene ring substituents is 1. The van der Waals surface area contributed by atoms with Gasteiger partial charge in [0.15, 0.2) is 0 Å². The Kier molecular flexibility index (Phi) is 5.10. The van der Waals surface area contributed by atoms with Crippen LogP contribution >= 0.6 is 23.1 Å². The molecule has 0 unspecified atom stereocenters. The molecule has 1 aromatic heterocycles. The zero-order valence-electron chi connectivity index (χ0n) is 14.5. The summed E-state index contributed by atoms with van der Waals surface area (Å²) in [5, 5.41) is 23.0. The summed E-state index contributed by atoms with van der Waals surface area (Å²) >= 11 is 2.59. The lowest BCUT2D eigenvalue weighted by atomic mass is 10.2. The first-order valence-corrected chi connectivity index (χ1v) is 10.0. The van der Waals surface area contributed by atoms with Crippen LogP contribution in [0.4, 0.5) is 5.69 Å². The second-order valence-electron chi connectivity index (χ2n) is 5.86. The fourth-order valence-electron chi connectivity index (χ4n) is 2.69. The lowest BCUT2D eigenvalue weighted by Crippen LogP contribution is -1.93.